The third-order valence-corrected chi connectivity index (χ3v) is 7.83. The van der Waals surface area contributed by atoms with Gasteiger partial charge in [0.1, 0.15) is 0 Å². The van der Waals surface area contributed by atoms with E-state index in [-0.39, 0.29) is 23.6 Å². The molecule has 0 aromatic heterocycles. The average molecular weight is 449 g/mol. The lowest BCUT2D eigenvalue weighted by atomic mass is 9.96. The third-order valence-electron chi connectivity index (χ3n) is 5.73. The Morgan fingerprint density at radius 2 is 1.63 bits per heavy atom. The zero-order valence-corrected chi connectivity index (χ0v) is 19.0. The Morgan fingerprint density at radius 3 is 2.20 bits per heavy atom. The van der Waals surface area contributed by atoms with E-state index in [1.165, 1.54) is 9.87 Å². The fourth-order valence-electron chi connectivity index (χ4n) is 3.74. The summed E-state index contributed by atoms with van der Waals surface area (Å²) in [6.07, 6.45) is 2.06. The van der Waals surface area contributed by atoms with Gasteiger partial charge >= 0.3 is 0 Å². The number of halogens is 1. The first-order chi connectivity index (χ1) is 14.3. The molecule has 162 valence electrons. The fraction of sp³-hybridized carbons (Fsp3) is 0.435. The van der Waals surface area contributed by atoms with Crippen molar-refractivity contribution in [3.05, 3.63) is 70.2 Å². The highest BCUT2D eigenvalue weighted by Crippen LogP contribution is 2.23. The summed E-state index contributed by atoms with van der Waals surface area (Å²) in [6.45, 7) is 4.83. The fourth-order valence-corrected chi connectivity index (χ4v) is 5.42. The summed E-state index contributed by atoms with van der Waals surface area (Å²) in [5.41, 5.74) is 3.05. The second kappa shape index (κ2) is 9.94. The van der Waals surface area contributed by atoms with E-state index in [4.69, 9.17) is 11.6 Å². The Morgan fingerprint density at radius 1 is 1.07 bits per heavy atom. The largest absolute Gasteiger partial charge is 0.349 e. The summed E-state index contributed by atoms with van der Waals surface area (Å²) in [5, 5.41) is 3.66. The molecule has 0 radical (unpaired) electrons. The Kier molecular flexibility index (Phi) is 7.55. The molecule has 30 heavy (non-hydrogen) atoms. The van der Waals surface area contributed by atoms with Crippen LogP contribution in [0.1, 0.15) is 49.4 Å². The van der Waals surface area contributed by atoms with E-state index in [9.17, 15) is 13.2 Å². The smallest absolute Gasteiger partial charge is 0.223 e. The number of aryl methyl sites for hydroxylation is 1. The molecule has 0 spiro atoms. The molecular formula is C23H29ClN2O3S. The molecule has 3 rings (SSSR count). The summed E-state index contributed by atoms with van der Waals surface area (Å²) >= 11 is 5.87. The number of carbonyl (C=O) groups is 1. The number of piperidine rings is 1. The van der Waals surface area contributed by atoms with Gasteiger partial charge < -0.3 is 5.32 Å². The topological polar surface area (TPSA) is 66.5 Å². The van der Waals surface area contributed by atoms with E-state index in [1.807, 2.05) is 6.92 Å². The molecule has 2 aromatic rings. The highest BCUT2D eigenvalue weighted by Gasteiger charge is 2.31. The van der Waals surface area contributed by atoms with E-state index < -0.39 is 10.0 Å². The quantitative estimate of drug-likeness (QED) is 0.685. The molecule has 2 aromatic carbocycles. The minimum atomic E-state index is -3.41. The monoisotopic (exact) mass is 448 g/mol. The Hall–Kier alpha value is -1.89. The van der Waals surface area contributed by atoms with Crippen LogP contribution in [0.3, 0.4) is 0 Å². The molecule has 1 aliphatic heterocycles. The van der Waals surface area contributed by atoms with Crippen molar-refractivity contribution in [2.45, 2.75) is 44.9 Å². The van der Waals surface area contributed by atoms with Crippen molar-refractivity contribution in [2.24, 2.45) is 5.92 Å². The lowest BCUT2D eigenvalue weighted by Crippen LogP contribution is -2.43. The first-order valence-electron chi connectivity index (χ1n) is 10.4. The van der Waals surface area contributed by atoms with Gasteiger partial charge in [-0.3, -0.25) is 4.79 Å². The molecule has 1 fully saturated rings. The minimum absolute atomic E-state index is 0.00295. The first-order valence-corrected chi connectivity index (χ1v) is 12.4. The number of hydrogen-bond donors (Lipinski definition) is 1. The predicted molar refractivity (Wildman–Crippen MR) is 121 cm³/mol. The Balaban J connectivity index is 1.52. The van der Waals surface area contributed by atoms with E-state index in [1.54, 1.807) is 24.3 Å². The van der Waals surface area contributed by atoms with Crippen LogP contribution in [0, 0.1) is 5.92 Å². The van der Waals surface area contributed by atoms with Crippen molar-refractivity contribution >= 4 is 27.5 Å². The summed E-state index contributed by atoms with van der Waals surface area (Å²) in [7, 11) is -3.41. The van der Waals surface area contributed by atoms with E-state index in [0.717, 1.165) is 12.0 Å². The van der Waals surface area contributed by atoms with Gasteiger partial charge in [-0.1, -0.05) is 54.9 Å². The van der Waals surface area contributed by atoms with E-state index >= 15 is 0 Å². The lowest BCUT2D eigenvalue weighted by Gasteiger charge is -2.31. The number of sulfonamides is 1. The van der Waals surface area contributed by atoms with Gasteiger partial charge in [0, 0.05) is 24.0 Å². The Labute approximate surface area is 184 Å². The van der Waals surface area contributed by atoms with Crippen LogP contribution in [0.5, 0.6) is 0 Å². The van der Waals surface area contributed by atoms with Crippen molar-refractivity contribution in [3.8, 4) is 0 Å². The number of nitrogens with one attached hydrogen (secondary N) is 1. The number of nitrogens with zero attached hydrogens (tertiary/aromatic N) is 1. The van der Waals surface area contributed by atoms with Crippen LogP contribution < -0.4 is 5.32 Å². The SMILES string of the molecule is CCc1ccc(C(C)NC(=O)C2CCN(S(=O)(=O)Cc3ccc(Cl)cc3)CC2)cc1. The normalized spacial score (nSPS) is 16.9. The molecule has 1 aliphatic rings. The van der Waals surface area contributed by atoms with Crippen molar-refractivity contribution in [1.82, 2.24) is 9.62 Å². The summed E-state index contributed by atoms with van der Waals surface area (Å²) < 4.78 is 26.9. The predicted octanol–water partition coefficient (Wildman–Crippen LogP) is 4.32. The van der Waals surface area contributed by atoms with Crippen molar-refractivity contribution in [1.29, 1.82) is 0 Å². The molecular weight excluding hydrogens is 420 g/mol. The van der Waals surface area contributed by atoms with Gasteiger partial charge in [-0.2, -0.15) is 0 Å². The van der Waals surface area contributed by atoms with E-state index in [2.05, 4.69) is 36.5 Å². The maximum atomic E-state index is 12.7. The van der Waals surface area contributed by atoms with Gasteiger partial charge in [-0.05, 0) is 55.0 Å². The molecule has 1 amide bonds. The Bertz CT molecular complexity index is 951. The van der Waals surface area contributed by atoms with Gasteiger partial charge in [0.2, 0.25) is 15.9 Å². The lowest BCUT2D eigenvalue weighted by molar-refractivity contribution is -0.126. The van der Waals surface area contributed by atoms with Gasteiger partial charge in [-0.15, -0.1) is 0 Å². The van der Waals surface area contributed by atoms with Gasteiger partial charge in [0.05, 0.1) is 11.8 Å². The zero-order valence-electron chi connectivity index (χ0n) is 17.5. The van der Waals surface area contributed by atoms with Crippen molar-refractivity contribution in [2.75, 3.05) is 13.1 Å². The minimum Gasteiger partial charge on any atom is -0.349 e. The molecule has 5 nitrogen and oxygen atoms in total. The molecule has 1 N–H and O–H groups in total. The summed E-state index contributed by atoms with van der Waals surface area (Å²) in [5.74, 6) is -0.215. The molecule has 1 saturated heterocycles. The van der Waals surface area contributed by atoms with Gasteiger partial charge in [0.25, 0.3) is 0 Å². The van der Waals surface area contributed by atoms with Crippen LogP contribution in [0.15, 0.2) is 48.5 Å². The molecule has 1 heterocycles. The summed E-state index contributed by atoms with van der Waals surface area (Å²) in [6, 6.07) is 15.0. The van der Waals surface area contributed by atoms with E-state index in [0.29, 0.717) is 36.5 Å². The average Bonchev–Trinajstić information content (AvgIpc) is 2.75. The second-order valence-corrected chi connectivity index (χ2v) is 10.3. The van der Waals surface area contributed by atoms with Crippen LogP contribution in [0.25, 0.3) is 0 Å². The highest BCUT2D eigenvalue weighted by atomic mass is 35.5. The third kappa shape index (κ3) is 5.84. The molecule has 0 saturated carbocycles. The molecule has 0 bridgehead atoms. The number of amides is 1. The van der Waals surface area contributed by atoms with Crippen molar-refractivity contribution in [3.63, 3.8) is 0 Å². The maximum absolute atomic E-state index is 12.7. The van der Waals surface area contributed by atoms with Crippen LogP contribution in [0.4, 0.5) is 0 Å². The maximum Gasteiger partial charge on any atom is 0.223 e. The van der Waals surface area contributed by atoms with Crippen molar-refractivity contribution < 1.29 is 13.2 Å². The van der Waals surface area contributed by atoms with Crippen LogP contribution in [-0.4, -0.2) is 31.7 Å². The molecule has 7 heteroatoms. The number of carbonyl (C=O) groups excluding carboxylic acids is 1. The number of hydrogen-bond acceptors (Lipinski definition) is 3. The van der Waals surface area contributed by atoms with Gasteiger partial charge in [0.15, 0.2) is 0 Å². The van der Waals surface area contributed by atoms with Crippen LogP contribution in [-0.2, 0) is 27.0 Å². The first kappa shape index (κ1) is 22.8. The summed E-state index contributed by atoms with van der Waals surface area (Å²) in [4.78, 5) is 12.7. The standard InChI is InChI=1S/C23H29ClN2O3S/c1-3-18-4-8-20(9-5-18)17(2)25-23(27)21-12-14-26(15-13-21)30(28,29)16-19-6-10-22(24)11-7-19/h4-11,17,21H,3,12-16H2,1-2H3,(H,25,27). The van der Waals surface area contributed by atoms with Crippen LogP contribution >= 0.6 is 11.6 Å². The molecule has 0 aliphatic carbocycles. The second-order valence-electron chi connectivity index (χ2n) is 7.88. The number of benzene rings is 2. The zero-order chi connectivity index (χ0) is 21.7. The highest BCUT2D eigenvalue weighted by molar-refractivity contribution is 7.88. The van der Waals surface area contributed by atoms with Gasteiger partial charge in [-0.25, -0.2) is 12.7 Å². The molecule has 1 atom stereocenters. The van der Waals surface area contributed by atoms with Crippen LogP contribution in [0.2, 0.25) is 5.02 Å². The number of rotatable bonds is 7. The molecule has 1 unspecified atom stereocenters.